The van der Waals surface area contributed by atoms with Gasteiger partial charge in [0.25, 0.3) is 0 Å². The predicted octanol–water partition coefficient (Wildman–Crippen LogP) is 1.94. The topological polar surface area (TPSA) is 91.3 Å². The summed E-state index contributed by atoms with van der Waals surface area (Å²) < 4.78 is 18.3. The highest BCUT2D eigenvalue weighted by Gasteiger charge is 2.18. The molecule has 27 heavy (non-hydrogen) atoms. The third kappa shape index (κ3) is 3.76. The van der Waals surface area contributed by atoms with Gasteiger partial charge in [0.1, 0.15) is 18.5 Å². The van der Waals surface area contributed by atoms with E-state index in [1.165, 1.54) is 6.07 Å². The molecule has 1 aliphatic rings. The minimum absolute atomic E-state index is 0.106. The van der Waals surface area contributed by atoms with E-state index in [-0.39, 0.29) is 11.7 Å². The zero-order valence-electron chi connectivity index (χ0n) is 14.9. The van der Waals surface area contributed by atoms with Gasteiger partial charge in [0.05, 0.1) is 18.9 Å². The number of methoxy groups -OCH3 is 1. The van der Waals surface area contributed by atoms with Crippen LogP contribution < -0.4 is 10.3 Å². The lowest BCUT2D eigenvalue weighted by Crippen LogP contribution is -2.15. The summed E-state index contributed by atoms with van der Waals surface area (Å²) in [5, 5.41) is 8.55. The van der Waals surface area contributed by atoms with E-state index in [1.807, 2.05) is 28.8 Å². The molecule has 1 aromatic carbocycles. The molecule has 0 saturated carbocycles. The van der Waals surface area contributed by atoms with Gasteiger partial charge in [0.2, 0.25) is 5.56 Å². The summed E-state index contributed by atoms with van der Waals surface area (Å²) in [4.78, 5) is 14.1. The number of rotatable bonds is 6. The van der Waals surface area contributed by atoms with Crippen molar-refractivity contribution in [1.29, 1.82) is 0 Å². The fourth-order valence-electron chi connectivity index (χ4n) is 3.02. The van der Waals surface area contributed by atoms with Crippen LogP contribution in [0.2, 0.25) is 0 Å². The molecule has 0 radical (unpaired) electrons. The lowest BCUT2D eigenvalue weighted by atomic mass is 10.2. The van der Waals surface area contributed by atoms with E-state index < -0.39 is 0 Å². The number of ether oxygens (including phenoxy) is 3. The zero-order valence-corrected chi connectivity index (χ0v) is 14.9. The SMILES string of the molecule is COCc1nnc(-c2ccc(OC3CCOC3)cc2)n1-c1ccc(=O)[nH]c1. The van der Waals surface area contributed by atoms with Crippen molar-refractivity contribution in [1.82, 2.24) is 19.7 Å². The van der Waals surface area contributed by atoms with E-state index >= 15 is 0 Å². The minimum Gasteiger partial charge on any atom is -0.488 e. The monoisotopic (exact) mass is 368 g/mol. The number of nitrogens with one attached hydrogen (secondary N) is 1. The van der Waals surface area contributed by atoms with Crippen molar-refractivity contribution in [3.8, 4) is 22.8 Å². The van der Waals surface area contributed by atoms with Gasteiger partial charge in [-0.1, -0.05) is 0 Å². The van der Waals surface area contributed by atoms with Crippen LogP contribution in [0.15, 0.2) is 47.4 Å². The van der Waals surface area contributed by atoms with Gasteiger partial charge in [0, 0.05) is 31.4 Å². The Balaban J connectivity index is 1.66. The molecule has 0 aliphatic carbocycles. The molecule has 0 bridgehead atoms. The van der Waals surface area contributed by atoms with E-state index in [0.717, 1.165) is 30.0 Å². The third-order valence-electron chi connectivity index (χ3n) is 4.33. The second kappa shape index (κ2) is 7.73. The number of aromatic amines is 1. The van der Waals surface area contributed by atoms with Gasteiger partial charge in [-0.15, -0.1) is 10.2 Å². The number of hydrogen-bond donors (Lipinski definition) is 1. The summed E-state index contributed by atoms with van der Waals surface area (Å²) in [5.74, 6) is 2.09. The molecule has 4 rings (SSSR count). The highest BCUT2D eigenvalue weighted by molar-refractivity contribution is 5.59. The molecule has 0 spiro atoms. The Morgan fingerprint density at radius 1 is 1.22 bits per heavy atom. The molecule has 1 saturated heterocycles. The van der Waals surface area contributed by atoms with Crippen molar-refractivity contribution < 1.29 is 14.2 Å². The van der Waals surface area contributed by atoms with Gasteiger partial charge in [-0.05, 0) is 30.3 Å². The van der Waals surface area contributed by atoms with E-state index in [1.54, 1.807) is 19.4 Å². The molecule has 140 valence electrons. The number of benzene rings is 1. The highest BCUT2D eigenvalue weighted by atomic mass is 16.5. The maximum Gasteiger partial charge on any atom is 0.248 e. The van der Waals surface area contributed by atoms with Crippen LogP contribution in [0, 0.1) is 0 Å². The van der Waals surface area contributed by atoms with E-state index in [0.29, 0.717) is 24.9 Å². The van der Waals surface area contributed by atoms with Crippen LogP contribution in [-0.2, 0) is 16.1 Å². The van der Waals surface area contributed by atoms with Gasteiger partial charge in [-0.3, -0.25) is 9.36 Å². The molecule has 1 aliphatic heterocycles. The lowest BCUT2D eigenvalue weighted by Gasteiger charge is -2.13. The van der Waals surface area contributed by atoms with Gasteiger partial charge in [0.15, 0.2) is 11.6 Å². The summed E-state index contributed by atoms with van der Waals surface area (Å²) in [6.45, 7) is 1.67. The number of aromatic nitrogens is 4. The molecule has 1 N–H and O–H groups in total. The number of H-pyrrole nitrogens is 1. The fraction of sp³-hybridized carbons (Fsp3) is 0.316. The first kappa shape index (κ1) is 17.4. The summed E-state index contributed by atoms with van der Waals surface area (Å²) >= 11 is 0. The second-order valence-electron chi connectivity index (χ2n) is 6.25. The Bertz CT molecular complexity index is 938. The Labute approximate surface area is 155 Å². The molecule has 1 atom stereocenters. The van der Waals surface area contributed by atoms with Crippen molar-refractivity contribution >= 4 is 0 Å². The first-order valence-electron chi connectivity index (χ1n) is 8.72. The van der Waals surface area contributed by atoms with Crippen LogP contribution in [-0.4, -0.2) is 46.2 Å². The molecular formula is C19H20N4O4. The molecule has 1 fully saturated rings. The Hall–Kier alpha value is -2.97. The average molecular weight is 368 g/mol. The van der Waals surface area contributed by atoms with E-state index in [4.69, 9.17) is 14.2 Å². The normalized spacial score (nSPS) is 16.6. The summed E-state index contributed by atoms with van der Waals surface area (Å²) in [6.07, 6.45) is 2.64. The van der Waals surface area contributed by atoms with Crippen LogP contribution in [0.1, 0.15) is 12.2 Å². The maximum absolute atomic E-state index is 11.4. The molecule has 1 unspecified atom stereocenters. The summed E-state index contributed by atoms with van der Waals surface area (Å²) in [6, 6.07) is 10.9. The molecule has 3 heterocycles. The number of pyridine rings is 1. The number of hydrogen-bond acceptors (Lipinski definition) is 6. The van der Waals surface area contributed by atoms with Gasteiger partial charge in [-0.25, -0.2) is 0 Å². The fourth-order valence-corrected chi connectivity index (χ4v) is 3.02. The van der Waals surface area contributed by atoms with Crippen molar-refractivity contribution in [2.75, 3.05) is 20.3 Å². The van der Waals surface area contributed by atoms with Crippen molar-refractivity contribution in [2.24, 2.45) is 0 Å². The first-order chi connectivity index (χ1) is 13.2. The second-order valence-corrected chi connectivity index (χ2v) is 6.25. The first-order valence-corrected chi connectivity index (χ1v) is 8.72. The maximum atomic E-state index is 11.4. The largest absolute Gasteiger partial charge is 0.488 e. The van der Waals surface area contributed by atoms with Crippen molar-refractivity contribution in [3.05, 3.63) is 58.8 Å². The van der Waals surface area contributed by atoms with E-state index in [9.17, 15) is 4.79 Å². The molecular weight excluding hydrogens is 348 g/mol. The van der Waals surface area contributed by atoms with Gasteiger partial charge in [-0.2, -0.15) is 0 Å². The smallest absolute Gasteiger partial charge is 0.248 e. The molecule has 2 aromatic heterocycles. The third-order valence-corrected chi connectivity index (χ3v) is 4.33. The van der Waals surface area contributed by atoms with Crippen LogP contribution in [0.3, 0.4) is 0 Å². The lowest BCUT2D eigenvalue weighted by molar-refractivity contribution is 0.141. The number of nitrogens with zero attached hydrogens (tertiary/aromatic N) is 3. The van der Waals surface area contributed by atoms with Crippen LogP contribution in [0.25, 0.3) is 17.1 Å². The van der Waals surface area contributed by atoms with E-state index in [2.05, 4.69) is 15.2 Å². The summed E-state index contributed by atoms with van der Waals surface area (Å²) in [5.41, 5.74) is 1.47. The molecule has 8 nitrogen and oxygen atoms in total. The summed E-state index contributed by atoms with van der Waals surface area (Å²) in [7, 11) is 1.60. The van der Waals surface area contributed by atoms with Crippen LogP contribution in [0.4, 0.5) is 0 Å². The van der Waals surface area contributed by atoms with Crippen LogP contribution >= 0.6 is 0 Å². The standard InChI is InChI=1S/C19H20N4O4/c1-25-12-17-21-22-19(23(17)14-4-7-18(24)20-10-14)13-2-5-15(6-3-13)27-16-8-9-26-11-16/h2-7,10,16H,8-9,11-12H2,1H3,(H,20,24). The Morgan fingerprint density at radius 2 is 2.07 bits per heavy atom. The average Bonchev–Trinajstić information content (AvgIpc) is 3.34. The Morgan fingerprint density at radius 3 is 2.74 bits per heavy atom. The molecule has 8 heteroatoms. The molecule has 0 amide bonds. The predicted molar refractivity (Wildman–Crippen MR) is 98.0 cm³/mol. The van der Waals surface area contributed by atoms with Crippen molar-refractivity contribution in [3.63, 3.8) is 0 Å². The van der Waals surface area contributed by atoms with Gasteiger partial charge >= 0.3 is 0 Å². The highest BCUT2D eigenvalue weighted by Crippen LogP contribution is 2.25. The van der Waals surface area contributed by atoms with Crippen molar-refractivity contribution in [2.45, 2.75) is 19.1 Å². The molecule has 3 aromatic rings. The minimum atomic E-state index is -0.168. The van der Waals surface area contributed by atoms with Gasteiger partial charge < -0.3 is 19.2 Å². The van der Waals surface area contributed by atoms with Crippen LogP contribution in [0.5, 0.6) is 5.75 Å². The zero-order chi connectivity index (χ0) is 18.6. The Kier molecular flexibility index (Phi) is 4.99. The quantitative estimate of drug-likeness (QED) is 0.715.